The molecule has 2 aromatic heterocycles. The van der Waals surface area contributed by atoms with Crippen molar-refractivity contribution in [2.24, 2.45) is 0 Å². The first-order valence-electron chi connectivity index (χ1n) is 5.98. The highest BCUT2D eigenvalue weighted by Gasteiger charge is 2.24. The Kier molecular flexibility index (Phi) is 3.35. The number of imidazole rings is 1. The second-order valence-electron chi connectivity index (χ2n) is 4.46. The van der Waals surface area contributed by atoms with Gasteiger partial charge in [0.05, 0.1) is 10.2 Å². The minimum absolute atomic E-state index is 0.457. The molecule has 3 rings (SSSR count). The lowest BCUT2D eigenvalue weighted by Crippen LogP contribution is -2.03. The molecule has 1 aliphatic carbocycles. The van der Waals surface area contributed by atoms with Gasteiger partial charge in [-0.3, -0.25) is 0 Å². The highest BCUT2D eigenvalue weighted by molar-refractivity contribution is 9.10. The van der Waals surface area contributed by atoms with Gasteiger partial charge in [-0.15, -0.1) is 0 Å². The van der Waals surface area contributed by atoms with E-state index >= 15 is 0 Å². The second-order valence-corrected chi connectivity index (χ2v) is 5.61. The van der Waals surface area contributed by atoms with E-state index in [1.807, 2.05) is 0 Å². The van der Waals surface area contributed by atoms with Crippen LogP contribution in [0.5, 0.6) is 0 Å². The number of halogens is 2. The second kappa shape index (κ2) is 4.97. The third-order valence-electron chi connectivity index (χ3n) is 3.29. The summed E-state index contributed by atoms with van der Waals surface area (Å²) in [6.45, 7) is 0. The third kappa shape index (κ3) is 2.17. The van der Waals surface area contributed by atoms with Crippen LogP contribution < -0.4 is 0 Å². The van der Waals surface area contributed by atoms with Crippen LogP contribution in [0.1, 0.15) is 37.3 Å². The zero-order chi connectivity index (χ0) is 12.5. The molecule has 2 aromatic rings. The molecule has 0 unspecified atom stereocenters. The van der Waals surface area contributed by atoms with E-state index in [0.717, 1.165) is 10.2 Å². The summed E-state index contributed by atoms with van der Waals surface area (Å²) in [5.41, 5.74) is 1.01. The SMILES string of the molecule is Clc1nc(-c2ncc[nH]2)nc(C2CCCC2)c1Br. The Labute approximate surface area is 118 Å². The first-order valence-corrected chi connectivity index (χ1v) is 7.15. The van der Waals surface area contributed by atoms with Gasteiger partial charge in [-0.05, 0) is 28.8 Å². The molecule has 0 atom stereocenters. The normalized spacial score (nSPS) is 16.3. The van der Waals surface area contributed by atoms with Crippen molar-refractivity contribution in [1.82, 2.24) is 19.9 Å². The molecule has 0 saturated heterocycles. The zero-order valence-corrected chi connectivity index (χ0v) is 12.0. The quantitative estimate of drug-likeness (QED) is 0.850. The van der Waals surface area contributed by atoms with Crippen LogP contribution in [0, 0.1) is 0 Å². The van der Waals surface area contributed by atoms with E-state index in [4.69, 9.17) is 11.6 Å². The van der Waals surface area contributed by atoms with Crippen LogP contribution in [-0.2, 0) is 0 Å². The Balaban J connectivity index is 2.07. The fourth-order valence-corrected chi connectivity index (χ4v) is 3.08. The summed E-state index contributed by atoms with van der Waals surface area (Å²) in [5, 5.41) is 0.457. The molecule has 2 heterocycles. The third-order valence-corrected chi connectivity index (χ3v) is 4.57. The number of rotatable bonds is 2. The lowest BCUT2D eigenvalue weighted by atomic mass is 10.0. The van der Waals surface area contributed by atoms with Crippen LogP contribution in [0.2, 0.25) is 5.15 Å². The summed E-state index contributed by atoms with van der Waals surface area (Å²) in [6, 6.07) is 0. The first kappa shape index (κ1) is 12.1. The van der Waals surface area contributed by atoms with E-state index in [0.29, 0.717) is 22.7 Å². The van der Waals surface area contributed by atoms with Gasteiger partial charge in [0.1, 0.15) is 5.15 Å². The number of nitrogens with one attached hydrogen (secondary N) is 1. The molecule has 0 spiro atoms. The maximum Gasteiger partial charge on any atom is 0.197 e. The summed E-state index contributed by atoms with van der Waals surface area (Å²) < 4.78 is 0.825. The van der Waals surface area contributed by atoms with Crippen LogP contribution in [0.3, 0.4) is 0 Å². The molecule has 0 amide bonds. The summed E-state index contributed by atoms with van der Waals surface area (Å²) in [6.07, 6.45) is 8.30. The average molecular weight is 328 g/mol. The Morgan fingerprint density at radius 2 is 2.06 bits per heavy atom. The van der Waals surface area contributed by atoms with Gasteiger partial charge in [-0.2, -0.15) is 0 Å². The molecule has 1 fully saturated rings. The Morgan fingerprint density at radius 1 is 1.28 bits per heavy atom. The predicted molar refractivity (Wildman–Crippen MR) is 73.5 cm³/mol. The Hall–Kier alpha value is -0.940. The number of H-pyrrole nitrogens is 1. The maximum atomic E-state index is 6.17. The van der Waals surface area contributed by atoms with Crippen molar-refractivity contribution >= 4 is 27.5 Å². The van der Waals surface area contributed by atoms with Gasteiger partial charge in [0.15, 0.2) is 11.6 Å². The molecule has 0 aliphatic heterocycles. The lowest BCUT2D eigenvalue weighted by molar-refractivity contribution is 0.690. The van der Waals surface area contributed by atoms with Crippen molar-refractivity contribution < 1.29 is 0 Å². The van der Waals surface area contributed by atoms with E-state index in [1.165, 1.54) is 25.7 Å². The predicted octanol–water partition coefficient (Wildman–Crippen LogP) is 3.94. The molecule has 6 heteroatoms. The average Bonchev–Trinajstić information content (AvgIpc) is 3.03. The van der Waals surface area contributed by atoms with E-state index in [9.17, 15) is 0 Å². The summed E-state index contributed by atoms with van der Waals surface area (Å²) in [4.78, 5) is 16.1. The fourth-order valence-electron chi connectivity index (χ4n) is 2.40. The highest BCUT2D eigenvalue weighted by Crippen LogP contribution is 2.39. The summed E-state index contributed by atoms with van der Waals surface area (Å²) in [7, 11) is 0. The van der Waals surface area contributed by atoms with Crippen LogP contribution in [0.4, 0.5) is 0 Å². The molecule has 4 nitrogen and oxygen atoms in total. The van der Waals surface area contributed by atoms with E-state index in [1.54, 1.807) is 12.4 Å². The van der Waals surface area contributed by atoms with Crippen LogP contribution in [-0.4, -0.2) is 19.9 Å². The molecule has 0 bridgehead atoms. The van der Waals surface area contributed by atoms with Gasteiger partial charge in [-0.1, -0.05) is 24.4 Å². The van der Waals surface area contributed by atoms with Gasteiger partial charge in [0.2, 0.25) is 0 Å². The number of aromatic amines is 1. The van der Waals surface area contributed by atoms with Gasteiger partial charge in [-0.25, -0.2) is 15.0 Å². The first-order chi connectivity index (χ1) is 8.75. The van der Waals surface area contributed by atoms with E-state index < -0.39 is 0 Å². The fraction of sp³-hybridized carbons (Fsp3) is 0.417. The Bertz CT molecular complexity index is 549. The van der Waals surface area contributed by atoms with Crippen LogP contribution >= 0.6 is 27.5 Å². The largest absolute Gasteiger partial charge is 0.342 e. The maximum absolute atomic E-state index is 6.17. The molecule has 94 valence electrons. The van der Waals surface area contributed by atoms with E-state index in [-0.39, 0.29) is 0 Å². The molecule has 1 aliphatic rings. The van der Waals surface area contributed by atoms with Crippen LogP contribution in [0.15, 0.2) is 16.9 Å². The lowest BCUT2D eigenvalue weighted by Gasteiger charge is -2.12. The smallest absolute Gasteiger partial charge is 0.197 e. The van der Waals surface area contributed by atoms with Crippen molar-refractivity contribution in [1.29, 1.82) is 0 Å². The van der Waals surface area contributed by atoms with Crippen molar-refractivity contribution in [3.63, 3.8) is 0 Å². The minimum atomic E-state index is 0.457. The van der Waals surface area contributed by atoms with Crippen molar-refractivity contribution in [3.8, 4) is 11.6 Å². The topological polar surface area (TPSA) is 54.5 Å². The monoisotopic (exact) mass is 326 g/mol. The van der Waals surface area contributed by atoms with Crippen molar-refractivity contribution in [3.05, 3.63) is 27.7 Å². The number of hydrogen-bond acceptors (Lipinski definition) is 3. The van der Waals surface area contributed by atoms with Crippen LogP contribution in [0.25, 0.3) is 11.6 Å². The number of nitrogens with zero attached hydrogens (tertiary/aromatic N) is 3. The molecule has 1 N–H and O–H groups in total. The molecule has 0 radical (unpaired) electrons. The van der Waals surface area contributed by atoms with Crippen molar-refractivity contribution in [2.75, 3.05) is 0 Å². The minimum Gasteiger partial charge on any atom is -0.342 e. The molecule has 1 saturated carbocycles. The van der Waals surface area contributed by atoms with Gasteiger partial charge in [0, 0.05) is 18.3 Å². The van der Waals surface area contributed by atoms with Gasteiger partial charge < -0.3 is 4.98 Å². The standard InChI is InChI=1S/C12H12BrClN4/c13-8-9(7-3-1-2-4-7)17-12(18-10(8)14)11-15-5-6-16-11/h5-7H,1-4H2,(H,15,16). The van der Waals surface area contributed by atoms with Crippen molar-refractivity contribution in [2.45, 2.75) is 31.6 Å². The molecule has 18 heavy (non-hydrogen) atoms. The van der Waals surface area contributed by atoms with Gasteiger partial charge >= 0.3 is 0 Å². The van der Waals surface area contributed by atoms with E-state index in [2.05, 4.69) is 35.9 Å². The Morgan fingerprint density at radius 3 is 2.72 bits per heavy atom. The molecule has 0 aromatic carbocycles. The summed E-state index contributed by atoms with van der Waals surface area (Å²) in [5.74, 6) is 1.70. The highest BCUT2D eigenvalue weighted by atomic mass is 79.9. The number of aromatic nitrogens is 4. The van der Waals surface area contributed by atoms with Gasteiger partial charge in [0.25, 0.3) is 0 Å². The number of hydrogen-bond donors (Lipinski definition) is 1. The molecular formula is C12H12BrClN4. The molecular weight excluding hydrogens is 316 g/mol. The summed E-state index contributed by atoms with van der Waals surface area (Å²) >= 11 is 9.67. The zero-order valence-electron chi connectivity index (χ0n) is 9.66.